The Hall–Kier alpha value is -3.08. The van der Waals surface area contributed by atoms with Gasteiger partial charge in [-0.1, -0.05) is 65.7 Å². The van der Waals surface area contributed by atoms with Crippen LogP contribution in [0.5, 0.6) is 0 Å². The van der Waals surface area contributed by atoms with Crippen LogP contribution in [0.4, 0.5) is 0 Å². The highest BCUT2D eigenvalue weighted by Crippen LogP contribution is 2.31. The van der Waals surface area contributed by atoms with Gasteiger partial charge in [0.2, 0.25) is 0 Å². The number of nitrogens with one attached hydrogen (secondary N) is 1. The summed E-state index contributed by atoms with van der Waals surface area (Å²) in [5.41, 5.74) is 2.09. The monoisotopic (exact) mass is 411 g/mol. The molecule has 0 radical (unpaired) electrons. The van der Waals surface area contributed by atoms with Crippen LogP contribution in [-0.2, 0) is 4.79 Å². The van der Waals surface area contributed by atoms with Gasteiger partial charge in [-0.2, -0.15) is 0 Å². The van der Waals surface area contributed by atoms with Crippen molar-refractivity contribution in [2.75, 3.05) is 0 Å². The molecule has 0 fully saturated rings. The molecule has 0 heterocycles. The topological polar surface area (TPSA) is 66.4 Å². The van der Waals surface area contributed by atoms with Crippen molar-refractivity contribution in [1.82, 2.24) is 5.32 Å². The number of hydrogen-bond acceptors (Lipinski definition) is 2. The molecule has 0 aliphatic carbocycles. The summed E-state index contributed by atoms with van der Waals surface area (Å²) in [4.78, 5) is 23.9. The first-order chi connectivity index (χ1) is 13.5. The normalized spacial score (nSPS) is 11.1. The third-order valence-corrected chi connectivity index (χ3v) is 4.67. The van der Waals surface area contributed by atoms with Gasteiger partial charge in [0.25, 0.3) is 5.91 Å². The van der Waals surface area contributed by atoms with Crippen LogP contribution in [0.2, 0.25) is 10.0 Å². The molecule has 3 aromatic carbocycles. The second-order valence-electron chi connectivity index (χ2n) is 5.90. The van der Waals surface area contributed by atoms with Crippen LogP contribution in [0, 0.1) is 0 Å². The van der Waals surface area contributed by atoms with E-state index in [1.807, 2.05) is 18.2 Å². The van der Waals surface area contributed by atoms with Crippen molar-refractivity contribution < 1.29 is 14.7 Å². The lowest BCUT2D eigenvalue weighted by Crippen LogP contribution is -2.27. The molecule has 28 heavy (non-hydrogen) atoms. The Kier molecular flexibility index (Phi) is 6.14. The Morgan fingerprint density at radius 2 is 1.54 bits per heavy atom. The summed E-state index contributed by atoms with van der Waals surface area (Å²) in [6.07, 6.45) is 1.33. The van der Waals surface area contributed by atoms with Crippen LogP contribution < -0.4 is 5.32 Å². The van der Waals surface area contributed by atoms with E-state index in [-0.39, 0.29) is 5.70 Å². The molecule has 0 aromatic heterocycles. The Bertz CT molecular complexity index is 1060. The van der Waals surface area contributed by atoms with E-state index in [4.69, 9.17) is 23.2 Å². The van der Waals surface area contributed by atoms with Gasteiger partial charge in [0.05, 0.1) is 0 Å². The molecule has 4 nitrogen and oxygen atoms in total. The minimum absolute atomic E-state index is 0.285. The van der Waals surface area contributed by atoms with Gasteiger partial charge in [-0.3, -0.25) is 4.79 Å². The Morgan fingerprint density at radius 3 is 2.21 bits per heavy atom. The number of hydrogen-bond donors (Lipinski definition) is 2. The van der Waals surface area contributed by atoms with Gasteiger partial charge in [0.1, 0.15) is 5.70 Å². The molecule has 1 amide bonds. The Balaban J connectivity index is 1.97. The number of carbonyl (C=O) groups is 2. The molecule has 0 bridgehead atoms. The number of benzene rings is 3. The molecule has 0 aliphatic heterocycles. The summed E-state index contributed by atoms with van der Waals surface area (Å²) in [5.74, 6) is -1.80. The molecular weight excluding hydrogens is 397 g/mol. The van der Waals surface area contributed by atoms with Crippen molar-refractivity contribution >= 4 is 41.2 Å². The van der Waals surface area contributed by atoms with Gasteiger partial charge in [-0.25, -0.2) is 4.79 Å². The van der Waals surface area contributed by atoms with Crippen LogP contribution in [-0.4, -0.2) is 17.0 Å². The summed E-state index contributed by atoms with van der Waals surface area (Å²) in [6, 6.07) is 20.8. The van der Waals surface area contributed by atoms with Crippen LogP contribution in [0.25, 0.3) is 17.2 Å². The van der Waals surface area contributed by atoms with E-state index in [9.17, 15) is 14.7 Å². The van der Waals surface area contributed by atoms with Crippen molar-refractivity contribution in [1.29, 1.82) is 0 Å². The molecule has 2 N–H and O–H groups in total. The first-order valence-corrected chi connectivity index (χ1v) is 9.07. The average Bonchev–Trinajstić information content (AvgIpc) is 2.70. The molecule has 0 atom stereocenters. The number of carbonyl (C=O) groups excluding carboxylic acids is 1. The number of halogens is 2. The minimum Gasteiger partial charge on any atom is -0.477 e. The van der Waals surface area contributed by atoms with Gasteiger partial charge >= 0.3 is 5.97 Å². The Labute approximate surface area is 172 Å². The zero-order valence-corrected chi connectivity index (χ0v) is 16.0. The molecule has 6 heteroatoms. The van der Waals surface area contributed by atoms with E-state index in [1.165, 1.54) is 6.08 Å². The molecule has 0 spiro atoms. The van der Waals surface area contributed by atoms with Crippen molar-refractivity contribution in [3.8, 4) is 11.1 Å². The summed E-state index contributed by atoms with van der Waals surface area (Å²) in [7, 11) is 0. The number of aliphatic carboxylic acids is 1. The van der Waals surface area contributed by atoms with Crippen LogP contribution in [0.15, 0.2) is 78.5 Å². The second kappa shape index (κ2) is 8.74. The summed E-state index contributed by atoms with van der Waals surface area (Å²) in [6.45, 7) is 0. The SMILES string of the molecule is O=C(O)/C(=C\c1cc(-c2ccccc2Cl)ccc1Cl)NC(=O)c1ccccc1. The van der Waals surface area contributed by atoms with E-state index in [2.05, 4.69) is 5.32 Å². The van der Waals surface area contributed by atoms with Crippen LogP contribution >= 0.6 is 23.2 Å². The van der Waals surface area contributed by atoms with E-state index in [0.717, 1.165) is 11.1 Å². The Morgan fingerprint density at radius 1 is 0.857 bits per heavy atom. The van der Waals surface area contributed by atoms with Crippen molar-refractivity contribution in [2.45, 2.75) is 0 Å². The number of carboxylic acid groups (broad SMARTS) is 1. The van der Waals surface area contributed by atoms with Crippen molar-refractivity contribution in [2.24, 2.45) is 0 Å². The predicted molar refractivity (Wildman–Crippen MR) is 111 cm³/mol. The standard InChI is InChI=1S/C22H15Cl2NO3/c23-18-11-10-15(17-8-4-5-9-19(17)24)12-16(18)13-20(22(27)28)25-21(26)14-6-2-1-3-7-14/h1-13H,(H,25,26)(H,27,28)/b20-13+. The maximum atomic E-state index is 12.3. The maximum Gasteiger partial charge on any atom is 0.352 e. The van der Waals surface area contributed by atoms with Crippen LogP contribution in [0.1, 0.15) is 15.9 Å². The summed E-state index contributed by atoms with van der Waals surface area (Å²) < 4.78 is 0. The molecular formula is C22H15Cl2NO3. The summed E-state index contributed by atoms with van der Waals surface area (Å²) in [5, 5.41) is 12.8. The summed E-state index contributed by atoms with van der Waals surface area (Å²) >= 11 is 12.5. The highest BCUT2D eigenvalue weighted by Gasteiger charge is 2.14. The largest absolute Gasteiger partial charge is 0.477 e. The number of rotatable bonds is 5. The lowest BCUT2D eigenvalue weighted by Gasteiger charge is -2.09. The molecule has 0 unspecified atom stereocenters. The third-order valence-electron chi connectivity index (χ3n) is 4.00. The van der Waals surface area contributed by atoms with Gasteiger partial charge in [-0.05, 0) is 47.5 Å². The lowest BCUT2D eigenvalue weighted by atomic mass is 10.0. The van der Waals surface area contributed by atoms with Gasteiger partial charge in [0.15, 0.2) is 0 Å². The first kappa shape index (κ1) is 19.7. The number of amides is 1. The minimum atomic E-state index is -1.27. The molecule has 0 saturated carbocycles. The number of carboxylic acids is 1. The molecule has 0 saturated heterocycles. The fourth-order valence-corrected chi connectivity index (χ4v) is 3.02. The predicted octanol–water partition coefficient (Wildman–Crippen LogP) is 5.52. The zero-order chi connectivity index (χ0) is 20.1. The third kappa shape index (κ3) is 4.60. The van der Waals surface area contributed by atoms with E-state index < -0.39 is 11.9 Å². The molecule has 140 valence electrons. The first-order valence-electron chi connectivity index (χ1n) is 8.31. The van der Waals surface area contributed by atoms with Gasteiger partial charge < -0.3 is 10.4 Å². The quantitative estimate of drug-likeness (QED) is 0.543. The lowest BCUT2D eigenvalue weighted by molar-refractivity contribution is -0.132. The van der Waals surface area contributed by atoms with E-state index in [0.29, 0.717) is 21.2 Å². The molecule has 0 aliphatic rings. The zero-order valence-electron chi connectivity index (χ0n) is 14.5. The second-order valence-corrected chi connectivity index (χ2v) is 6.71. The molecule has 3 rings (SSSR count). The fourth-order valence-electron chi connectivity index (χ4n) is 2.61. The van der Waals surface area contributed by atoms with Gasteiger partial charge in [0, 0.05) is 21.2 Å². The highest BCUT2D eigenvalue weighted by molar-refractivity contribution is 6.34. The maximum absolute atomic E-state index is 12.3. The average molecular weight is 412 g/mol. The van der Waals surface area contributed by atoms with Crippen molar-refractivity contribution in [3.05, 3.63) is 99.7 Å². The van der Waals surface area contributed by atoms with Crippen molar-refractivity contribution in [3.63, 3.8) is 0 Å². The van der Waals surface area contributed by atoms with Gasteiger partial charge in [-0.15, -0.1) is 0 Å². The van der Waals surface area contributed by atoms with E-state index >= 15 is 0 Å². The highest BCUT2D eigenvalue weighted by atomic mass is 35.5. The van der Waals surface area contributed by atoms with E-state index in [1.54, 1.807) is 54.6 Å². The van der Waals surface area contributed by atoms with Crippen LogP contribution in [0.3, 0.4) is 0 Å². The fraction of sp³-hybridized carbons (Fsp3) is 0. The smallest absolute Gasteiger partial charge is 0.352 e. The molecule has 3 aromatic rings.